The predicted molar refractivity (Wildman–Crippen MR) is 56.3 cm³/mol. The van der Waals surface area contributed by atoms with Crippen LogP contribution in [0.5, 0.6) is 0 Å². The van der Waals surface area contributed by atoms with Crippen LogP contribution < -0.4 is 0 Å². The van der Waals surface area contributed by atoms with E-state index in [-0.39, 0.29) is 0 Å². The average molecular weight is 176 g/mol. The van der Waals surface area contributed by atoms with Gasteiger partial charge in [0.1, 0.15) is 0 Å². The number of aromatic nitrogens is 1. The first-order valence-electron chi connectivity index (χ1n) is 4.81. The molecule has 71 valence electrons. The first-order valence-corrected chi connectivity index (χ1v) is 4.81. The summed E-state index contributed by atoms with van der Waals surface area (Å²) in [5.74, 6) is 0. The molecule has 0 spiro atoms. The van der Waals surface area contributed by atoms with Gasteiger partial charge < -0.3 is 0 Å². The Balaban J connectivity index is 2.29. The Bertz CT molecular complexity index is 233. The Morgan fingerprint density at radius 1 is 1.38 bits per heavy atom. The molecule has 0 saturated carbocycles. The van der Waals surface area contributed by atoms with Crippen molar-refractivity contribution in [1.29, 1.82) is 0 Å². The van der Waals surface area contributed by atoms with E-state index in [1.165, 1.54) is 5.56 Å². The van der Waals surface area contributed by atoms with E-state index in [1.54, 1.807) is 0 Å². The molecule has 0 aliphatic carbocycles. The van der Waals surface area contributed by atoms with Gasteiger partial charge in [0.15, 0.2) is 0 Å². The van der Waals surface area contributed by atoms with Crippen molar-refractivity contribution in [2.24, 2.45) is 5.41 Å². The van der Waals surface area contributed by atoms with Gasteiger partial charge in [0.2, 0.25) is 0 Å². The van der Waals surface area contributed by atoms with Gasteiger partial charge in [-0.05, 0) is 36.3 Å². The third-order valence-corrected chi connectivity index (χ3v) is 1.91. The Labute approximate surface area is 81.2 Å². The quantitative estimate of drug-likeness (QED) is 0.688. The van der Waals surface area contributed by atoms with E-state index in [0.717, 1.165) is 12.8 Å². The molecular weight excluding hydrogens is 158 g/mol. The number of hydrogen-bond donors (Lipinski definition) is 0. The first-order chi connectivity index (χ1) is 6.08. The molecule has 1 heteroatoms. The van der Waals surface area contributed by atoms with Crippen molar-refractivity contribution < 1.29 is 0 Å². The molecule has 0 saturated heterocycles. The molecule has 0 N–H and O–H groups in total. The van der Waals surface area contributed by atoms with Crippen LogP contribution in [-0.4, -0.2) is 4.98 Å². The molecule has 13 heavy (non-hydrogen) atoms. The molecule has 0 atom stereocenters. The topological polar surface area (TPSA) is 12.9 Å². The lowest BCUT2D eigenvalue weighted by Gasteiger charge is -2.16. The van der Waals surface area contributed by atoms with Crippen LogP contribution in [0.3, 0.4) is 0 Å². The zero-order valence-corrected chi connectivity index (χ0v) is 8.75. The van der Waals surface area contributed by atoms with Gasteiger partial charge in [0.05, 0.1) is 0 Å². The van der Waals surface area contributed by atoms with Gasteiger partial charge >= 0.3 is 0 Å². The predicted octanol–water partition coefficient (Wildman–Crippen LogP) is 3.26. The lowest BCUT2D eigenvalue weighted by Crippen LogP contribution is -2.06. The molecule has 0 bridgehead atoms. The Hall–Kier alpha value is -0.850. The van der Waals surface area contributed by atoms with Crippen LogP contribution in [0.25, 0.3) is 0 Å². The fourth-order valence-electron chi connectivity index (χ4n) is 1.22. The fourth-order valence-corrected chi connectivity index (χ4v) is 1.22. The van der Waals surface area contributed by atoms with E-state index in [2.05, 4.69) is 38.2 Å². The molecule has 0 amide bonds. The van der Waals surface area contributed by atoms with Crippen molar-refractivity contribution in [2.45, 2.75) is 33.6 Å². The molecule has 1 aromatic heterocycles. The maximum Gasteiger partial charge on any atom is 0.0299 e. The summed E-state index contributed by atoms with van der Waals surface area (Å²) in [7, 11) is 0. The standard InChI is InChI=1S/C12H18N/c1-12(2,3)8-4-6-11-7-5-9-13-10-11/h5,7-10H,4,6H2,1-3H3. The van der Waals surface area contributed by atoms with Crippen LogP contribution in [0.1, 0.15) is 32.8 Å². The Kier molecular flexibility index (Phi) is 3.47. The summed E-state index contributed by atoms with van der Waals surface area (Å²) in [4.78, 5) is 4.09. The van der Waals surface area contributed by atoms with Crippen molar-refractivity contribution in [3.8, 4) is 0 Å². The molecule has 1 radical (unpaired) electrons. The average Bonchev–Trinajstić information content (AvgIpc) is 2.04. The third kappa shape index (κ3) is 4.66. The third-order valence-electron chi connectivity index (χ3n) is 1.91. The maximum absolute atomic E-state index is 4.09. The molecule has 1 rings (SSSR count). The van der Waals surface area contributed by atoms with Crippen LogP contribution in [0.2, 0.25) is 0 Å². The minimum Gasteiger partial charge on any atom is -0.264 e. The smallest absolute Gasteiger partial charge is 0.0299 e. The number of pyridine rings is 1. The summed E-state index contributed by atoms with van der Waals surface area (Å²) >= 11 is 0. The van der Waals surface area contributed by atoms with Crippen LogP contribution >= 0.6 is 0 Å². The Morgan fingerprint density at radius 2 is 2.15 bits per heavy atom. The van der Waals surface area contributed by atoms with Gasteiger partial charge in [0.25, 0.3) is 0 Å². The summed E-state index contributed by atoms with van der Waals surface area (Å²) in [5.41, 5.74) is 1.66. The van der Waals surface area contributed by atoms with Gasteiger partial charge in [-0.2, -0.15) is 0 Å². The second-order valence-corrected chi connectivity index (χ2v) is 4.47. The molecule has 0 fully saturated rings. The molecule has 0 aromatic carbocycles. The monoisotopic (exact) mass is 176 g/mol. The highest BCUT2D eigenvalue weighted by atomic mass is 14.6. The van der Waals surface area contributed by atoms with Gasteiger partial charge in [-0.25, -0.2) is 0 Å². The van der Waals surface area contributed by atoms with E-state index in [1.807, 2.05) is 18.5 Å². The minimum absolute atomic E-state index is 0.336. The number of aryl methyl sites for hydroxylation is 1. The molecular formula is C12H18N. The van der Waals surface area contributed by atoms with Crippen molar-refractivity contribution in [2.75, 3.05) is 0 Å². The molecule has 1 nitrogen and oxygen atoms in total. The van der Waals surface area contributed by atoms with E-state index < -0.39 is 0 Å². The van der Waals surface area contributed by atoms with E-state index in [9.17, 15) is 0 Å². The van der Waals surface area contributed by atoms with Crippen molar-refractivity contribution in [1.82, 2.24) is 4.98 Å². The highest BCUT2D eigenvalue weighted by Crippen LogP contribution is 2.20. The van der Waals surface area contributed by atoms with Crippen LogP contribution in [-0.2, 0) is 6.42 Å². The fraction of sp³-hybridized carbons (Fsp3) is 0.500. The van der Waals surface area contributed by atoms with Gasteiger partial charge in [-0.15, -0.1) is 0 Å². The maximum atomic E-state index is 4.09. The molecule has 0 aliphatic heterocycles. The molecule has 1 aromatic rings. The van der Waals surface area contributed by atoms with Crippen LogP contribution in [0.15, 0.2) is 24.5 Å². The summed E-state index contributed by atoms with van der Waals surface area (Å²) in [6, 6.07) is 4.12. The number of nitrogens with zero attached hydrogens (tertiary/aromatic N) is 1. The van der Waals surface area contributed by atoms with Gasteiger partial charge in [0, 0.05) is 12.4 Å². The highest BCUT2D eigenvalue weighted by molar-refractivity contribution is 5.09. The largest absolute Gasteiger partial charge is 0.264 e. The van der Waals surface area contributed by atoms with E-state index >= 15 is 0 Å². The minimum atomic E-state index is 0.336. The SMILES string of the molecule is CC(C)(C)[CH]CCc1cccnc1. The molecule has 0 unspecified atom stereocenters. The number of rotatable bonds is 3. The Morgan fingerprint density at radius 3 is 2.69 bits per heavy atom. The van der Waals surface area contributed by atoms with Crippen molar-refractivity contribution in [3.63, 3.8) is 0 Å². The van der Waals surface area contributed by atoms with Gasteiger partial charge in [-0.1, -0.05) is 26.8 Å². The second-order valence-electron chi connectivity index (χ2n) is 4.47. The summed E-state index contributed by atoms with van der Waals surface area (Å²) in [6.45, 7) is 6.70. The van der Waals surface area contributed by atoms with Crippen LogP contribution in [0, 0.1) is 11.8 Å². The lowest BCUT2D eigenvalue weighted by atomic mass is 9.89. The zero-order chi connectivity index (χ0) is 9.73. The van der Waals surface area contributed by atoms with Gasteiger partial charge in [-0.3, -0.25) is 4.98 Å². The van der Waals surface area contributed by atoms with Crippen molar-refractivity contribution in [3.05, 3.63) is 36.5 Å². The van der Waals surface area contributed by atoms with Crippen LogP contribution in [0.4, 0.5) is 0 Å². The highest BCUT2D eigenvalue weighted by Gasteiger charge is 2.09. The second kappa shape index (κ2) is 4.40. The van der Waals surface area contributed by atoms with E-state index in [4.69, 9.17) is 0 Å². The number of hydrogen-bond acceptors (Lipinski definition) is 1. The zero-order valence-electron chi connectivity index (χ0n) is 8.75. The van der Waals surface area contributed by atoms with E-state index in [0.29, 0.717) is 5.41 Å². The summed E-state index contributed by atoms with van der Waals surface area (Å²) < 4.78 is 0. The normalized spacial score (nSPS) is 11.6. The summed E-state index contributed by atoms with van der Waals surface area (Å²) in [6.07, 6.45) is 8.35. The van der Waals surface area contributed by atoms with Crippen molar-refractivity contribution >= 4 is 0 Å². The summed E-state index contributed by atoms with van der Waals surface area (Å²) in [5, 5.41) is 0. The first kappa shape index (κ1) is 10.2. The molecule has 0 aliphatic rings. The molecule has 1 heterocycles. The lowest BCUT2D eigenvalue weighted by molar-refractivity contribution is 0.473.